The number of anilines is 2. The number of carbonyl (C=O) groups is 1. The van der Waals surface area contributed by atoms with Gasteiger partial charge in [-0.05, 0) is 36.2 Å². The van der Waals surface area contributed by atoms with Gasteiger partial charge in [-0.1, -0.05) is 5.16 Å². The van der Waals surface area contributed by atoms with E-state index in [9.17, 15) is 30.8 Å². The summed E-state index contributed by atoms with van der Waals surface area (Å²) < 4.78 is 114. The van der Waals surface area contributed by atoms with E-state index in [1.807, 2.05) is 0 Å². The van der Waals surface area contributed by atoms with E-state index in [1.54, 1.807) is 0 Å². The van der Waals surface area contributed by atoms with Gasteiger partial charge in [-0.3, -0.25) is 9.52 Å². The molecule has 1 aromatic heterocycles. The molecule has 2 unspecified atom stereocenters. The number of fused-ring (bicyclic) bond motifs is 1. The van der Waals surface area contributed by atoms with Gasteiger partial charge in [0.05, 0.1) is 30.5 Å². The number of nitrogens with one attached hydrogen (secondary N) is 1. The molecule has 3 aromatic rings. The van der Waals surface area contributed by atoms with Gasteiger partial charge in [0.2, 0.25) is 0 Å². The zero-order valence-electron chi connectivity index (χ0n) is 20.6. The molecule has 5 rings (SSSR count). The zero-order valence-corrected chi connectivity index (χ0v) is 21.4. The minimum absolute atomic E-state index is 0.0237. The molecule has 0 radical (unpaired) electrons. The molecule has 2 fully saturated rings. The lowest BCUT2D eigenvalue weighted by molar-refractivity contribution is -0.137. The number of benzene rings is 2. The molecular weight excluding hydrogens is 567 g/mol. The Balaban J connectivity index is 1.45. The Morgan fingerprint density at radius 2 is 1.93 bits per heavy atom. The third kappa shape index (κ3) is 5.33. The first-order valence-electron chi connectivity index (χ1n) is 11.7. The topological polar surface area (TPSA) is 114 Å². The Morgan fingerprint density at radius 1 is 1.15 bits per heavy atom. The van der Waals surface area contributed by atoms with Gasteiger partial charge in [-0.15, -0.1) is 0 Å². The summed E-state index contributed by atoms with van der Waals surface area (Å²) in [7, 11) is -2.82. The first-order valence-corrected chi connectivity index (χ1v) is 13.2. The van der Waals surface area contributed by atoms with Crippen molar-refractivity contribution in [1.29, 1.82) is 0 Å². The van der Waals surface area contributed by atoms with Crippen LogP contribution in [0.15, 0.2) is 47.2 Å². The molecule has 2 saturated heterocycles. The van der Waals surface area contributed by atoms with E-state index in [0.717, 1.165) is 22.5 Å². The Morgan fingerprint density at radius 3 is 2.60 bits per heavy atom. The van der Waals surface area contributed by atoms with Gasteiger partial charge in [-0.25, -0.2) is 8.78 Å². The molecule has 2 aliphatic heterocycles. The molecule has 214 valence electrons. The number of methoxy groups -OCH3 is 1. The fraction of sp³-hybridized carbons (Fsp3) is 0.333. The molecule has 10 nitrogen and oxygen atoms in total. The largest absolute Gasteiger partial charge is 0.495 e. The number of rotatable bonds is 6. The average Bonchev–Trinajstić information content (AvgIpc) is 3.39. The lowest BCUT2D eigenvalue weighted by Crippen LogP contribution is -2.62. The zero-order chi connectivity index (χ0) is 28.8. The van der Waals surface area contributed by atoms with Crippen LogP contribution in [0.1, 0.15) is 12.0 Å². The van der Waals surface area contributed by atoms with Crippen molar-refractivity contribution in [3.8, 4) is 16.9 Å². The fourth-order valence-electron chi connectivity index (χ4n) is 4.79. The summed E-state index contributed by atoms with van der Waals surface area (Å²) in [6.45, 7) is -0.626. The number of piperidine rings is 1. The van der Waals surface area contributed by atoms with Crippen molar-refractivity contribution < 1.29 is 49.2 Å². The Hall–Kier alpha value is -3.76. The number of morpholine rings is 1. The number of carbonyl (C=O) groups excluding carboxylic acids is 1. The maximum atomic E-state index is 15.4. The molecule has 2 aliphatic rings. The summed E-state index contributed by atoms with van der Waals surface area (Å²) in [5, 5.41) is 3.52. The van der Waals surface area contributed by atoms with Crippen LogP contribution in [0.25, 0.3) is 11.1 Å². The molecule has 40 heavy (non-hydrogen) atoms. The number of halogens is 5. The molecule has 0 spiro atoms. The van der Waals surface area contributed by atoms with Crippen LogP contribution in [0, 0.1) is 11.6 Å². The summed E-state index contributed by atoms with van der Waals surface area (Å²) in [5.74, 6) is -2.88. The molecule has 2 atom stereocenters. The Bertz CT molecular complexity index is 1530. The molecule has 0 bridgehead atoms. The third-order valence-corrected chi connectivity index (χ3v) is 8.06. The Kier molecular flexibility index (Phi) is 7.18. The van der Waals surface area contributed by atoms with Gasteiger partial charge in [-0.2, -0.15) is 25.9 Å². The Labute approximate surface area is 224 Å². The average molecular weight is 589 g/mol. The first kappa shape index (κ1) is 27.8. The van der Waals surface area contributed by atoms with Crippen LogP contribution in [0.3, 0.4) is 0 Å². The van der Waals surface area contributed by atoms with Crippen molar-refractivity contribution >= 4 is 27.6 Å². The summed E-state index contributed by atoms with van der Waals surface area (Å²) in [4.78, 5) is 14.2. The van der Waals surface area contributed by atoms with Crippen LogP contribution in [-0.2, 0) is 25.9 Å². The molecule has 16 heteroatoms. The number of amides is 1. The number of hydrogen-bond donors (Lipinski definition) is 1. The maximum Gasteiger partial charge on any atom is 0.416 e. The van der Waals surface area contributed by atoms with Crippen LogP contribution in [0.2, 0.25) is 0 Å². The molecule has 1 N–H and O–H groups in total. The van der Waals surface area contributed by atoms with E-state index in [4.69, 9.17) is 9.47 Å². The van der Waals surface area contributed by atoms with E-state index in [-0.39, 0.29) is 47.9 Å². The van der Waals surface area contributed by atoms with Gasteiger partial charge in [0.1, 0.15) is 30.3 Å². The third-order valence-electron chi connectivity index (χ3n) is 6.58. The first-order chi connectivity index (χ1) is 18.9. The fourth-order valence-corrected chi connectivity index (χ4v) is 5.97. The van der Waals surface area contributed by atoms with Gasteiger partial charge in [0, 0.05) is 30.8 Å². The highest BCUT2D eigenvalue weighted by atomic mass is 32.2. The quantitative estimate of drug-likeness (QED) is 0.436. The highest BCUT2D eigenvalue weighted by Crippen LogP contribution is 2.41. The van der Waals surface area contributed by atoms with Gasteiger partial charge in [0.15, 0.2) is 5.82 Å². The normalized spacial score (nSPS) is 20.4. The summed E-state index contributed by atoms with van der Waals surface area (Å²) in [6.07, 6.45) is -4.37. The van der Waals surface area contributed by atoms with E-state index in [1.165, 1.54) is 24.3 Å². The van der Waals surface area contributed by atoms with Crippen LogP contribution in [0.4, 0.5) is 33.5 Å². The number of hydrogen-bond acceptors (Lipinski definition) is 7. The smallest absolute Gasteiger partial charge is 0.416 e. The van der Waals surface area contributed by atoms with Crippen molar-refractivity contribution in [1.82, 2.24) is 9.46 Å². The van der Waals surface area contributed by atoms with Gasteiger partial charge >= 0.3 is 16.4 Å². The number of aromatic nitrogens is 1. The lowest BCUT2D eigenvalue weighted by atomic mass is 9.97. The second kappa shape index (κ2) is 10.3. The predicted molar refractivity (Wildman–Crippen MR) is 130 cm³/mol. The highest BCUT2D eigenvalue weighted by molar-refractivity contribution is 7.90. The molecule has 1 amide bonds. The van der Waals surface area contributed by atoms with E-state index in [2.05, 4.69) is 14.4 Å². The summed E-state index contributed by atoms with van der Waals surface area (Å²) in [6, 6.07) is 4.27. The van der Waals surface area contributed by atoms with E-state index >= 15 is 4.39 Å². The summed E-state index contributed by atoms with van der Waals surface area (Å²) in [5.41, 5.74) is -2.07. The molecular formula is C24H21F5N4O6S. The number of alkyl halides is 3. The second-order valence-electron chi connectivity index (χ2n) is 9.05. The lowest BCUT2D eigenvalue weighted by Gasteiger charge is -2.46. The van der Waals surface area contributed by atoms with Crippen LogP contribution < -0.4 is 14.4 Å². The molecule has 0 saturated carbocycles. The van der Waals surface area contributed by atoms with Gasteiger partial charge in [0.25, 0.3) is 5.91 Å². The van der Waals surface area contributed by atoms with Crippen molar-refractivity contribution in [3.05, 3.63) is 59.9 Å². The van der Waals surface area contributed by atoms with Crippen LogP contribution >= 0.6 is 0 Å². The molecule has 0 aliphatic carbocycles. The SMILES string of the molecule is COc1cc(-c2cc(F)cc(C(F)(F)F)c2)c(F)cc1N1C(=O)COC2CN(S(=O)(=O)Nc3ccon3)CCC21. The van der Waals surface area contributed by atoms with E-state index in [0.29, 0.717) is 12.1 Å². The predicted octanol–water partition coefficient (Wildman–Crippen LogP) is 3.81. The highest BCUT2D eigenvalue weighted by Gasteiger charge is 2.45. The standard InChI is InChI=1S/C24H21F5N4O6S/c1-37-20-9-16(13-6-14(24(27,28)29)8-15(25)7-13)17(26)10-19(20)33-18-2-4-32(11-21(18)38-12-23(33)34)40(35,36)31-22-3-5-39-30-22/h3,5-10,18,21H,2,4,11-12H2,1H3,(H,30,31). The van der Waals surface area contributed by atoms with Crippen molar-refractivity contribution in [2.45, 2.75) is 24.7 Å². The van der Waals surface area contributed by atoms with Crippen LogP contribution in [-0.4, -0.2) is 62.7 Å². The minimum Gasteiger partial charge on any atom is -0.495 e. The van der Waals surface area contributed by atoms with Crippen molar-refractivity contribution in [2.24, 2.45) is 0 Å². The minimum atomic E-state index is -4.86. The summed E-state index contributed by atoms with van der Waals surface area (Å²) >= 11 is 0. The van der Waals surface area contributed by atoms with Crippen molar-refractivity contribution in [2.75, 3.05) is 36.4 Å². The van der Waals surface area contributed by atoms with Crippen LogP contribution in [0.5, 0.6) is 5.75 Å². The molecule has 2 aromatic carbocycles. The monoisotopic (exact) mass is 588 g/mol. The van der Waals surface area contributed by atoms with E-state index < -0.39 is 58.2 Å². The van der Waals surface area contributed by atoms with Crippen molar-refractivity contribution in [3.63, 3.8) is 0 Å². The number of ether oxygens (including phenoxy) is 2. The number of nitrogens with zero attached hydrogens (tertiary/aromatic N) is 3. The second-order valence-corrected chi connectivity index (χ2v) is 10.7. The van der Waals surface area contributed by atoms with Gasteiger partial charge < -0.3 is 18.9 Å². The maximum absolute atomic E-state index is 15.4. The molecule has 3 heterocycles.